The van der Waals surface area contributed by atoms with Gasteiger partial charge < -0.3 is 0 Å². The van der Waals surface area contributed by atoms with Gasteiger partial charge in [-0.3, -0.25) is 4.79 Å². The first-order valence-electron chi connectivity index (χ1n) is 6.45. The molecule has 3 rings (SSSR count). The summed E-state index contributed by atoms with van der Waals surface area (Å²) in [5.41, 5.74) is 1.36. The largest absolute Gasteiger partial charge is 0.288 e. The van der Waals surface area contributed by atoms with E-state index in [4.69, 9.17) is 0 Å². The molecule has 1 saturated carbocycles. The number of allylic oxidation sites excluding steroid dienone is 1. The number of carbonyl (C=O) groups excluding carboxylic acids is 1. The number of nitrogens with zero attached hydrogens (tertiary/aromatic N) is 2. The van der Waals surface area contributed by atoms with Gasteiger partial charge in [0, 0.05) is 16.9 Å². The molecule has 1 fully saturated rings. The molecule has 98 valence electrons. The maximum absolute atomic E-state index is 12.2. The second-order valence-corrected chi connectivity index (χ2v) is 5.64. The van der Waals surface area contributed by atoms with Crippen LogP contribution in [0.2, 0.25) is 0 Å². The SMILES string of the molecule is N#C/C(=C/c1csc(C2CC2)n1)C(=O)c1ccccc1. The fraction of sp³-hybridized carbons (Fsp3) is 0.188. The first-order chi connectivity index (χ1) is 9.78. The Morgan fingerprint density at radius 2 is 2.10 bits per heavy atom. The van der Waals surface area contributed by atoms with Crippen LogP contribution in [0.5, 0.6) is 0 Å². The molecule has 0 amide bonds. The maximum atomic E-state index is 12.2. The molecule has 1 aliphatic carbocycles. The van der Waals surface area contributed by atoms with E-state index in [0.29, 0.717) is 17.2 Å². The highest BCUT2D eigenvalue weighted by atomic mass is 32.1. The van der Waals surface area contributed by atoms with Crippen molar-refractivity contribution in [2.45, 2.75) is 18.8 Å². The van der Waals surface area contributed by atoms with Crippen LogP contribution in [0.1, 0.15) is 39.8 Å². The standard InChI is InChI=1S/C16H12N2OS/c17-9-13(15(19)11-4-2-1-3-5-11)8-14-10-20-16(18-14)12-6-7-12/h1-5,8,10,12H,6-7H2/b13-8-. The number of aromatic nitrogens is 1. The Hall–Kier alpha value is -2.25. The smallest absolute Gasteiger partial charge is 0.203 e. The molecule has 1 aromatic carbocycles. The number of thiazole rings is 1. The van der Waals surface area contributed by atoms with Crippen LogP contribution in [-0.2, 0) is 0 Å². The molecule has 0 radical (unpaired) electrons. The number of ketones is 1. The second-order valence-electron chi connectivity index (χ2n) is 4.75. The zero-order valence-corrected chi connectivity index (χ0v) is 11.6. The highest BCUT2D eigenvalue weighted by Gasteiger charge is 2.26. The fourth-order valence-corrected chi connectivity index (χ4v) is 2.87. The Morgan fingerprint density at radius 1 is 1.35 bits per heavy atom. The van der Waals surface area contributed by atoms with Gasteiger partial charge in [0.1, 0.15) is 11.6 Å². The number of rotatable bonds is 4. The summed E-state index contributed by atoms with van der Waals surface area (Å²) in [4.78, 5) is 16.7. The molecular weight excluding hydrogens is 268 g/mol. The van der Waals surface area contributed by atoms with Gasteiger partial charge in [-0.25, -0.2) is 4.98 Å². The predicted molar refractivity (Wildman–Crippen MR) is 78.5 cm³/mol. The molecule has 2 aromatic rings. The van der Waals surface area contributed by atoms with Crippen molar-refractivity contribution in [1.82, 2.24) is 4.98 Å². The zero-order valence-electron chi connectivity index (χ0n) is 10.7. The molecular formula is C16H12N2OS. The van der Waals surface area contributed by atoms with E-state index in [1.807, 2.05) is 17.5 Å². The lowest BCUT2D eigenvalue weighted by Crippen LogP contribution is -2.01. The van der Waals surface area contributed by atoms with E-state index in [0.717, 1.165) is 5.01 Å². The molecule has 0 atom stereocenters. The molecule has 20 heavy (non-hydrogen) atoms. The molecule has 4 heteroatoms. The van der Waals surface area contributed by atoms with E-state index in [9.17, 15) is 10.1 Å². The van der Waals surface area contributed by atoms with Crippen molar-refractivity contribution in [3.05, 3.63) is 57.6 Å². The van der Waals surface area contributed by atoms with Gasteiger partial charge in [-0.2, -0.15) is 5.26 Å². The van der Waals surface area contributed by atoms with Crippen LogP contribution in [0.15, 0.2) is 41.3 Å². The highest BCUT2D eigenvalue weighted by molar-refractivity contribution is 7.09. The summed E-state index contributed by atoms with van der Waals surface area (Å²) in [6, 6.07) is 10.8. The third-order valence-corrected chi connectivity index (χ3v) is 4.19. The molecule has 0 saturated heterocycles. The molecule has 0 aliphatic heterocycles. The number of hydrogen-bond acceptors (Lipinski definition) is 4. The van der Waals surface area contributed by atoms with Crippen molar-refractivity contribution in [3.63, 3.8) is 0 Å². The molecule has 0 unspecified atom stereocenters. The van der Waals surface area contributed by atoms with Crippen molar-refractivity contribution in [2.24, 2.45) is 0 Å². The summed E-state index contributed by atoms with van der Waals surface area (Å²) in [5, 5.41) is 12.2. The summed E-state index contributed by atoms with van der Waals surface area (Å²) < 4.78 is 0. The Balaban J connectivity index is 1.86. The minimum absolute atomic E-state index is 0.129. The van der Waals surface area contributed by atoms with Crippen LogP contribution in [0.4, 0.5) is 0 Å². The molecule has 0 bridgehead atoms. The van der Waals surface area contributed by atoms with E-state index >= 15 is 0 Å². The third kappa shape index (κ3) is 2.68. The van der Waals surface area contributed by atoms with Gasteiger partial charge in [0.15, 0.2) is 0 Å². The number of nitriles is 1. The second kappa shape index (κ2) is 5.40. The quantitative estimate of drug-likeness (QED) is 0.486. The van der Waals surface area contributed by atoms with Gasteiger partial charge >= 0.3 is 0 Å². The summed E-state index contributed by atoms with van der Waals surface area (Å²) in [7, 11) is 0. The van der Waals surface area contributed by atoms with Crippen molar-refractivity contribution >= 4 is 23.2 Å². The molecule has 1 aromatic heterocycles. The van der Waals surface area contributed by atoms with Crippen LogP contribution >= 0.6 is 11.3 Å². The number of Topliss-reactive ketones (excluding diaryl/α,β-unsaturated/α-hetero) is 1. The Labute approximate surface area is 121 Å². The van der Waals surface area contributed by atoms with Gasteiger partial charge in [0.25, 0.3) is 0 Å². The predicted octanol–water partition coefficient (Wildman–Crippen LogP) is 3.81. The monoisotopic (exact) mass is 280 g/mol. The zero-order chi connectivity index (χ0) is 13.9. The van der Waals surface area contributed by atoms with E-state index in [1.165, 1.54) is 12.8 Å². The van der Waals surface area contributed by atoms with Crippen LogP contribution in [0, 0.1) is 11.3 Å². The normalized spacial score (nSPS) is 14.8. The molecule has 1 heterocycles. The van der Waals surface area contributed by atoms with Gasteiger partial charge in [-0.05, 0) is 18.9 Å². The number of carbonyl (C=O) groups is 1. The third-order valence-electron chi connectivity index (χ3n) is 3.16. The lowest BCUT2D eigenvalue weighted by Gasteiger charge is -1.97. The topological polar surface area (TPSA) is 53.8 Å². The molecule has 3 nitrogen and oxygen atoms in total. The Morgan fingerprint density at radius 3 is 2.75 bits per heavy atom. The van der Waals surface area contributed by atoms with Crippen LogP contribution < -0.4 is 0 Å². The van der Waals surface area contributed by atoms with Gasteiger partial charge in [-0.1, -0.05) is 30.3 Å². The molecule has 0 spiro atoms. The van der Waals surface area contributed by atoms with Crippen molar-refractivity contribution in [1.29, 1.82) is 5.26 Å². The Kier molecular flexibility index (Phi) is 3.44. The number of benzene rings is 1. The minimum atomic E-state index is -0.255. The van der Waals surface area contributed by atoms with Gasteiger partial charge in [0.2, 0.25) is 5.78 Å². The van der Waals surface area contributed by atoms with Gasteiger partial charge in [-0.15, -0.1) is 11.3 Å². The van der Waals surface area contributed by atoms with Crippen LogP contribution in [0.25, 0.3) is 6.08 Å². The van der Waals surface area contributed by atoms with Crippen molar-refractivity contribution < 1.29 is 4.79 Å². The van der Waals surface area contributed by atoms with Crippen LogP contribution in [-0.4, -0.2) is 10.8 Å². The minimum Gasteiger partial charge on any atom is -0.288 e. The van der Waals surface area contributed by atoms with Crippen LogP contribution in [0.3, 0.4) is 0 Å². The summed E-state index contributed by atoms with van der Waals surface area (Å²) in [5.74, 6) is 0.339. The highest BCUT2D eigenvalue weighted by Crippen LogP contribution is 2.41. The average Bonchev–Trinajstić information content (AvgIpc) is 3.25. The molecule has 0 N–H and O–H groups in total. The van der Waals surface area contributed by atoms with Crippen molar-refractivity contribution in [2.75, 3.05) is 0 Å². The molecule has 1 aliphatic rings. The average molecular weight is 280 g/mol. The summed E-state index contributed by atoms with van der Waals surface area (Å²) >= 11 is 1.60. The first kappa shape index (κ1) is 12.8. The summed E-state index contributed by atoms with van der Waals surface area (Å²) in [6.45, 7) is 0. The van der Waals surface area contributed by atoms with Gasteiger partial charge in [0.05, 0.1) is 10.7 Å². The first-order valence-corrected chi connectivity index (χ1v) is 7.33. The Bertz CT molecular complexity index is 706. The maximum Gasteiger partial charge on any atom is 0.203 e. The van der Waals surface area contributed by atoms with E-state index < -0.39 is 0 Å². The lowest BCUT2D eigenvalue weighted by molar-refractivity contribution is 0.104. The lowest BCUT2D eigenvalue weighted by atomic mass is 10.0. The van der Waals surface area contributed by atoms with Crippen molar-refractivity contribution in [3.8, 4) is 6.07 Å². The van der Waals surface area contributed by atoms with E-state index in [1.54, 1.807) is 41.7 Å². The van der Waals surface area contributed by atoms with E-state index in [2.05, 4.69) is 4.98 Å². The number of hydrogen-bond donors (Lipinski definition) is 0. The fourth-order valence-electron chi connectivity index (χ4n) is 1.93. The summed E-state index contributed by atoms with van der Waals surface area (Å²) in [6.07, 6.45) is 3.98. The van der Waals surface area contributed by atoms with E-state index in [-0.39, 0.29) is 11.4 Å².